The first-order chi connectivity index (χ1) is 6.32. The largest absolute Gasteiger partial charge is 0.228 e. The summed E-state index contributed by atoms with van der Waals surface area (Å²) in [7, 11) is -2.76. The predicted octanol–water partition coefficient (Wildman–Crippen LogP) is 2.24. The molecule has 2 fully saturated rings. The summed E-state index contributed by atoms with van der Waals surface area (Å²) in [5.74, 6) is 1.47. The second-order valence-electron chi connectivity index (χ2n) is 5.52. The molecule has 1 aliphatic heterocycles. The molecule has 0 aromatic carbocycles. The van der Waals surface area contributed by atoms with Crippen LogP contribution in [0.1, 0.15) is 40.5 Å². The van der Waals surface area contributed by atoms with Gasteiger partial charge in [-0.25, -0.2) is 8.42 Å². The molecule has 0 radical (unpaired) electrons. The highest BCUT2D eigenvalue weighted by Crippen LogP contribution is 2.63. The van der Waals surface area contributed by atoms with Gasteiger partial charge in [0, 0.05) is 5.41 Å². The SMILES string of the molecule is CC(C)C1CC2(C1)C(C)S(=O)(=O)C2C. The summed E-state index contributed by atoms with van der Waals surface area (Å²) >= 11 is 0. The fraction of sp³-hybridized carbons (Fsp3) is 1.00. The van der Waals surface area contributed by atoms with Crippen LogP contribution in [0, 0.1) is 17.3 Å². The lowest BCUT2D eigenvalue weighted by atomic mass is 9.55. The Kier molecular flexibility index (Phi) is 2.05. The number of hydrogen-bond donors (Lipinski definition) is 0. The molecule has 0 bridgehead atoms. The Morgan fingerprint density at radius 1 is 1.14 bits per heavy atom. The van der Waals surface area contributed by atoms with Crippen molar-refractivity contribution in [1.29, 1.82) is 0 Å². The lowest BCUT2D eigenvalue weighted by Gasteiger charge is -2.62. The molecule has 0 amide bonds. The van der Waals surface area contributed by atoms with Gasteiger partial charge in [0.2, 0.25) is 0 Å². The van der Waals surface area contributed by atoms with Crippen molar-refractivity contribution in [3.63, 3.8) is 0 Å². The summed E-state index contributed by atoms with van der Waals surface area (Å²) in [6, 6.07) is 0. The summed E-state index contributed by atoms with van der Waals surface area (Å²) in [4.78, 5) is 0. The quantitative estimate of drug-likeness (QED) is 0.673. The van der Waals surface area contributed by atoms with Crippen LogP contribution in [-0.2, 0) is 9.84 Å². The molecule has 0 N–H and O–H groups in total. The third kappa shape index (κ3) is 0.995. The molecular weight excluding hydrogens is 196 g/mol. The molecule has 3 heteroatoms. The first-order valence-electron chi connectivity index (χ1n) is 5.55. The van der Waals surface area contributed by atoms with Gasteiger partial charge in [0.25, 0.3) is 0 Å². The van der Waals surface area contributed by atoms with Gasteiger partial charge in [-0.2, -0.15) is 0 Å². The van der Waals surface area contributed by atoms with E-state index in [0.717, 1.165) is 18.8 Å². The van der Waals surface area contributed by atoms with E-state index in [2.05, 4.69) is 13.8 Å². The number of sulfone groups is 1. The van der Waals surface area contributed by atoms with Crippen molar-refractivity contribution in [3.05, 3.63) is 0 Å². The lowest BCUT2D eigenvalue weighted by molar-refractivity contribution is 0.00449. The molecule has 14 heavy (non-hydrogen) atoms. The Balaban J connectivity index is 2.11. The molecular formula is C11H20O2S. The van der Waals surface area contributed by atoms with Crippen LogP contribution >= 0.6 is 0 Å². The first-order valence-corrected chi connectivity index (χ1v) is 7.16. The summed E-state index contributed by atoms with van der Waals surface area (Å²) in [6.45, 7) is 8.26. The minimum absolute atomic E-state index is 0.0833. The van der Waals surface area contributed by atoms with Gasteiger partial charge >= 0.3 is 0 Å². The fourth-order valence-corrected chi connectivity index (χ4v) is 5.76. The van der Waals surface area contributed by atoms with Crippen molar-refractivity contribution < 1.29 is 8.42 Å². The van der Waals surface area contributed by atoms with Crippen LogP contribution in [-0.4, -0.2) is 18.9 Å². The van der Waals surface area contributed by atoms with Gasteiger partial charge in [-0.05, 0) is 38.5 Å². The lowest BCUT2D eigenvalue weighted by Crippen LogP contribution is -2.68. The second-order valence-corrected chi connectivity index (χ2v) is 8.11. The third-order valence-electron chi connectivity index (χ3n) is 4.83. The maximum Gasteiger partial charge on any atom is 0.156 e. The zero-order valence-corrected chi connectivity index (χ0v) is 10.3. The van der Waals surface area contributed by atoms with E-state index in [9.17, 15) is 8.42 Å². The van der Waals surface area contributed by atoms with Crippen molar-refractivity contribution in [3.8, 4) is 0 Å². The zero-order chi connectivity index (χ0) is 10.7. The predicted molar refractivity (Wildman–Crippen MR) is 57.8 cm³/mol. The molecule has 1 heterocycles. The topological polar surface area (TPSA) is 34.1 Å². The minimum atomic E-state index is -2.76. The fourth-order valence-electron chi connectivity index (χ4n) is 3.27. The van der Waals surface area contributed by atoms with E-state index in [0.29, 0.717) is 5.92 Å². The van der Waals surface area contributed by atoms with E-state index < -0.39 is 9.84 Å². The molecule has 1 aliphatic carbocycles. The summed E-state index contributed by atoms with van der Waals surface area (Å²) < 4.78 is 23.3. The standard InChI is InChI=1S/C11H20O2S/c1-7(2)10-5-11(6-10)8(3)14(12,13)9(11)4/h7-10H,5-6H2,1-4H3. The van der Waals surface area contributed by atoms with Crippen LogP contribution in [0.25, 0.3) is 0 Å². The molecule has 1 saturated heterocycles. The van der Waals surface area contributed by atoms with E-state index in [1.807, 2.05) is 13.8 Å². The molecule has 2 atom stereocenters. The van der Waals surface area contributed by atoms with E-state index in [-0.39, 0.29) is 15.9 Å². The Morgan fingerprint density at radius 2 is 1.57 bits per heavy atom. The third-order valence-corrected chi connectivity index (χ3v) is 7.74. The van der Waals surface area contributed by atoms with Gasteiger partial charge in [0.15, 0.2) is 9.84 Å². The van der Waals surface area contributed by atoms with Crippen molar-refractivity contribution in [2.75, 3.05) is 0 Å². The van der Waals surface area contributed by atoms with Gasteiger partial charge < -0.3 is 0 Å². The molecule has 1 saturated carbocycles. The van der Waals surface area contributed by atoms with Gasteiger partial charge in [0.1, 0.15) is 0 Å². The van der Waals surface area contributed by atoms with Crippen molar-refractivity contribution >= 4 is 9.84 Å². The van der Waals surface area contributed by atoms with Crippen LogP contribution in [0.15, 0.2) is 0 Å². The van der Waals surface area contributed by atoms with Crippen LogP contribution in [0.3, 0.4) is 0 Å². The normalized spacial score (nSPS) is 50.2. The van der Waals surface area contributed by atoms with Crippen LogP contribution in [0.5, 0.6) is 0 Å². The van der Waals surface area contributed by atoms with Gasteiger partial charge in [-0.1, -0.05) is 13.8 Å². The average Bonchev–Trinajstić information content (AvgIpc) is 2.01. The summed E-state index contributed by atoms with van der Waals surface area (Å²) in [5.41, 5.74) is 0.160. The van der Waals surface area contributed by atoms with Crippen LogP contribution < -0.4 is 0 Å². The monoisotopic (exact) mass is 216 g/mol. The minimum Gasteiger partial charge on any atom is -0.228 e. The Morgan fingerprint density at radius 3 is 1.93 bits per heavy atom. The molecule has 2 rings (SSSR count). The van der Waals surface area contributed by atoms with E-state index in [1.165, 1.54) is 0 Å². The Bertz CT molecular complexity index is 318. The van der Waals surface area contributed by atoms with E-state index in [4.69, 9.17) is 0 Å². The maximum absolute atomic E-state index is 11.6. The maximum atomic E-state index is 11.6. The van der Waals surface area contributed by atoms with E-state index >= 15 is 0 Å². The Hall–Kier alpha value is -0.0500. The molecule has 2 unspecified atom stereocenters. The molecule has 2 aliphatic rings. The highest BCUT2D eigenvalue weighted by atomic mass is 32.2. The molecule has 2 nitrogen and oxygen atoms in total. The highest BCUT2D eigenvalue weighted by molar-refractivity contribution is 7.94. The molecule has 82 valence electrons. The average molecular weight is 216 g/mol. The van der Waals surface area contributed by atoms with Crippen molar-refractivity contribution in [2.45, 2.75) is 51.0 Å². The summed E-state index contributed by atoms with van der Waals surface area (Å²) in [5, 5.41) is -0.167. The molecule has 0 aromatic heterocycles. The smallest absolute Gasteiger partial charge is 0.156 e. The highest BCUT2D eigenvalue weighted by Gasteiger charge is 2.67. The number of hydrogen-bond acceptors (Lipinski definition) is 2. The van der Waals surface area contributed by atoms with Gasteiger partial charge in [-0.15, -0.1) is 0 Å². The zero-order valence-electron chi connectivity index (χ0n) is 9.45. The first kappa shape index (κ1) is 10.5. The van der Waals surface area contributed by atoms with Crippen LogP contribution in [0.2, 0.25) is 0 Å². The Labute approximate surface area is 87.0 Å². The van der Waals surface area contributed by atoms with Crippen molar-refractivity contribution in [1.82, 2.24) is 0 Å². The van der Waals surface area contributed by atoms with Gasteiger partial charge in [-0.3, -0.25) is 0 Å². The molecule has 1 spiro atoms. The number of rotatable bonds is 1. The second kappa shape index (κ2) is 2.75. The van der Waals surface area contributed by atoms with Gasteiger partial charge in [0.05, 0.1) is 10.5 Å². The van der Waals surface area contributed by atoms with Crippen LogP contribution in [0.4, 0.5) is 0 Å². The summed E-state index contributed by atoms with van der Waals surface area (Å²) in [6.07, 6.45) is 2.26. The molecule has 0 aromatic rings. The van der Waals surface area contributed by atoms with Crippen molar-refractivity contribution in [2.24, 2.45) is 17.3 Å². The van der Waals surface area contributed by atoms with E-state index in [1.54, 1.807) is 0 Å².